The summed E-state index contributed by atoms with van der Waals surface area (Å²) in [5, 5.41) is 17.2. The molecular formula is C18H22N4O4. The van der Waals surface area contributed by atoms with Crippen LogP contribution >= 0.6 is 0 Å². The Hall–Kier alpha value is -2.97. The molecule has 0 saturated carbocycles. The third-order valence-corrected chi connectivity index (χ3v) is 3.69. The fourth-order valence-corrected chi connectivity index (χ4v) is 2.59. The van der Waals surface area contributed by atoms with Crippen molar-refractivity contribution in [3.63, 3.8) is 0 Å². The summed E-state index contributed by atoms with van der Waals surface area (Å²) in [4.78, 5) is 22.5. The molecule has 0 aliphatic heterocycles. The number of fused-ring (bicyclic) bond motifs is 1. The smallest absolute Gasteiger partial charge is 0.290 e. The summed E-state index contributed by atoms with van der Waals surface area (Å²) in [5.41, 5.74) is 1.79. The van der Waals surface area contributed by atoms with Crippen LogP contribution in [0, 0.1) is 0 Å². The van der Waals surface area contributed by atoms with Gasteiger partial charge in [-0.2, -0.15) is 0 Å². The zero-order chi connectivity index (χ0) is 18.8. The molecule has 0 amide bonds. The number of hydrogen-bond donors (Lipinski definition) is 3. The average molecular weight is 358 g/mol. The summed E-state index contributed by atoms with van der Waals surface area (Å²) in [6, 6.07) is 9.94. The van der Waals surface area contributed by atoms with Crippen LogP contribution in [0.25, 0.3) is 10.9 Å². The number of ether oxygens (including phenoxy) is 1. The van der Waals surface area contributed by atoms with Crippen LogP contribution in [0.15, 0.2) is 42.7 Å². The second-order valence-electron chi connectivity index (χ2n) is 5.41. The second-order valence-corrected chi connectivity index (χ2v) is 5.41. The largest absolute Gasteiger partial charge is 0.494 e. The van der Waals surface area contributed by atoms with E-state index in [0.717, 1.165) is 28.2 Å². The molecule has 3 rings (SSSR count). The highest BCUT2D eigenvalue weighted by molar-refractivity contribution is 5.84. The van der Waals surface area contributed by atoms with E-state index in [2.05, 4.69) is 14.9 Å². The number of aliphatic hydroxyl groups is 1. The maximum absolute atomic E-state index is 9.28. The number of benzene rings is 1. The van der Waals surface area contributed by atoms with Crippen molar-refractivity contribution in [3.05, 3.63) is 54.2 Å². The molecule has 2 aromatic heterocycles. The molecule has 3 N–H and O–H groups in total. The van der Waals surface area contributed by atoms with E-state index in [1.54, 1.807) is 19.5 Å². The minimum absolute atomic E-state index is 0.0949. The molecule has 0 aliphatic rings. The molecule has 0 radical (unpaired) electrons. The maximum Gasteiger partial charge on any atom is 0.290 e. The van der Waals surface area contributed by atoms with Gasteiger partial charge in [0.25, 0.3) is 6.47 Å². The number of carboxylic acid groups (broad SMARTS) is 1. The molecule has 3 aromatic rings. The highest BCUT2D eigenvalue weighted by Crippen LogP contribution is 2.23. The number of nitrogens with zero attached hydrogens (tertiary/aromatic N) is 3. The lowest BCUT2D eigenvalue weighted by atomic mass is 10.2. The normalized spacial score (nSPS) is 10.4. The lowest BCUT2D eigenvalue weighted by Crippen LogP contribution is -2.27. The maximum atomic E-state index is 9.28. The van der Waals surface area contributed by atoms with Gasteiger partial charge in [-0.1, -0.05) is 18.2 Å². The van der Waals surface area contributed by atoms with Crippen LogP contribution in [-0.2, 0) is 17.9 Å². The summed E-state index contributed by atoms with van der Waals surface area (Å²) in [7, 11) is 1.65. The molecule has 0 bridgehead atoms. The molecule has 138 valence electrons. The van der Waals surface area contributed by atoms with Crippen LogP contribution in [0.3, 0.4) is 0 Å². The molecular weight excluding hydrogens is 336 g/mol. The van der Waals surface area contributed by atoms with E-state index < -0.39 is 0 Å². The number of hydrogen-bond acceptors (Lipinski definition) is 6. The van der Waals surface area contributed by atoms with Crippen LogP contribution in [0.5, 0.6) is 5.75 Å². The van der Waals surface area contributed by atoms with Gasteiger partial charge in [-0.05, 0) is 12.1 Å². The Balaban J connectivity index is 0.000000758. The first kappa shape index (κ1) is 19.4. The predicted octanol–water partition coefficient (Wildman–Crippen LogP) is 1.66. The summed E-state index contributed by atoms with van der Waals surface area (Å²) < 4.78 is 5.39. The van der Waals surface area contributed by atoms with E-state index in [4.69, 9.17) is 19.6 Å². The number of imidazole rings is 1. The lowest BCUT2D eigenvalue weighted by molar-refractivity contribution is -0.122. The number of methoxy groups -OCH3 is 1. The van der Waals surface area contributed by atoms with Crippen molar-refractivity contribution in [1.29, 1.82) is 0 Å². The van der Waals surface area contributed by atoms with E-state index >= 15 is 0 Å². The van der Waals surface area contributed by atoms with Crippen molar-refractivity contribution in [2.24, 2.45) is 0 Å². The molecule has 8 heteroatoms. The number of pyridine rings is 1. The summed E-state index contributed by atoms with van der Waals surface area (Å²) in [6.07, 6.45) is 3.52. The van der Waals surface area contributed by atoms with Crippen LogP contribution in [0.2, 0.25) is 0 Å². The van der Waals surface area contributed by atoms with Crippen molar-refractivity contribution in [1.82, 2.24) is 19.9 Å². The first-order valence-corrected chi connectivity index (χ1v) is 8.03. The molecule has 8 nitrogen and oxygen atoms in total. The third kappa shape index (κ3) is 5.27. The standard InChI is InChI=1S/C17H20N4O2.CH2O2/c1-23-15-4-2-3-13-5-6-14(20-17(13)15)11-21(9-10-22)12-16-18-7-8-19-16;2-1-3/h2-8,22H,9-12H2,1H3,(H,18,19);1H,(H,2,3). The number of carbonyl (C=O) groups is 1. The van der Waals surface area contributed by atoms with E-state index in [1.165, 1.54) is 0 Å². The number of para-hydroxylation sites is 1. The van der Waals surface area contributed by atoms with Gasteiger partial charge in [0.2, 0.25) is 0 Å². The Morgan fingerprint density at radius 1 is 1.27 bits per heavy atom. The number of rotatable bonds is 7. The Morgan fingerprint density at radius 3 is 2.73 bits per heavy atom. The number of H-pyrrole nitrogens is 1. The lowest BCUT2D eigenvalue weighted by Gasteiger charge is -2.20. The van der Waals surface area contributed by atoms with Gasteiger partial charge in [0.15, 0.2) is 0 Å². The minimum atomic E-state index is -0.250. The van der Waals surface area contributed by atoms with Gasteiger partial charge >= 0.3 is 0 Å². The van der Waals surface area contributed by atoms with E-state index in [-0.39, 0.29) is 13.1 Å². The van der Waals surface area contributed by atoms with Crippen LogP contribution in [0.4, 0.5) is 0 Å². The summed E-state index contributed by atoms with van der Waals surface area (Å²) in [6.45, 7) is 1.68. The van der Waals surface area contributed by atoms with Crippen LogP contribution in [0.1, 0.15) is 11.5 Å². The van der Waals surface area contributed by atoms with E-state index in [9.17, 15) is 5.11 Å². The summed E-state index contributed by atoms with van der Waals surface area (Å²) in [5.74, 6) is 1.64. The van der Waals surface area contributed by atoms with Gasteiger partial charge in [-0.15, -0.1) is 0 Å². The van der Waals surface area contributed by atoms with Crippen molar-refractivity contribution in [3.8, 4) is 5.75 Å². The van der Waals surface area contributed by atoms with Crippen molar-refractivity contribution < 1.29 is 19.7 Å². The van der Waals surface area contributed by atoms with Gasteiger partial charge in [-0.25, -0.2) is 9.97 Å². The highest BCUT2D eigenvalue weighted by Gasteiger charge is 2.10. The Morgan fingerprint density at radius 2 is 2.08 bits per heavy atom. The highest BCUT2D eigenvalue weighted by atomic mass is 16.5. The molecule has 26 heavy (non-hydrogen) atoms. The number of aromatic nitrogens is 3. The molecule has 0 fully saturated rings. The topological polar surface area (TPSA) is 112 Å². The quantitative estimate of drug-likeness (QED) is 0.551. The van der Waals surface area contributed by atoms with Gasteiger partial charge in [0.05, 0.1) is 26.0 Å². The zero-order valence-corrected chi connectivity index (χ0v) is 14.5. The van der Waals surface area contributed by atoms with Crippen molar-refractivity contribution >= 4 is 17.4 Å². The van der Waals surface area contributed by atoms with E-state index in [1.807, 2.05) is 30.3 Å². The average Bonchev–Trinajstić information content (AvgIpc) is 3.15. The number of nitrogens with one attached hydrogen (secondary N) is 1. The van der Waals surface area contributed by atoms with Crippen LogP contribution < -0.4 is 4.74 Å². The number of aromatic amines is 1. The fraction of sp³-hybridized carbons (Fsp3) is 0.278. The van der Waals surface area contributed by atoms with Gasteiger partial charge in [-0.3, -0.25) is 9.69 Å². The molecule has 0 spiro atoms. The SMILES string of the molecule is COc1cccc2ccc(CN(CCO)Cc3ncc[nH]3)nc12.O=CO. The van der Waals surface area contributed by atoms with Gasteiger partial charge in [0, 0.05) is 30.9 Å². The van der Waals surface area contributed by atoms with Gasteiger partial charge in [0.1, 0.15) is 17.1 Å². The molecule has 2 heterocycles. The monoisotopic (exact) mass is 358 g/mol. The van der Waals surface area contributed by atoms with Crippen LogP contribution in [-0.4, -0.2) is 56.8 Å². The molecule has 0 saturated heterocycles. The Kier molecular flexibility index (Phi) is 7.53. The first-order chi connectivity index (χ1) is 12.7. The van der Waals surface area contributed by atoms with Crippen molar-refractivity contribution in [2.75, 3.05) is 20.3 Å². The molecule has 0 aliphatic carbocycles. The third-order valence-electron chi connectivity index (χ3n) is 3.69. The fourth-order valence-electron chi connectivity index (χ4n) is 2.59. The van der Waals surface area contributed by atoms with Gasteiger partial charge < -0.3 is 19.9 Å². The molecule has 0 atom stereocenters. The zero-order valence-electron chi connectivity index (χ0n) is 14.5. The second kappa shape index (κ2) is 10.1. The molecule has 0 unspecified atom stereocenters. The van der Waals surface area contributed by atoms with Crippen molar-refractivity contribution in [2.45, 2.75) is 13.1 Å². The Labute approximate surface area is 151 Å². The molecule has 1 aromatic carbocycles. The summed E-state index contributed by atoms with van der Waals surface area (Å²) >= 11 is 0. The number of aliphatic hydroxyl groups excluding tert-OH is 1. The first-order valence-electron chi connectivity index (χ1n) is 8.03. The predicted molar refractivity (Wildman–Crippen MR) is 96.8 cm³/mol. The van der Waals surface area contributed by atoms with E-state index in [0.29, 0.717) is 19.6 Å². The Bertz CT molecular complexity index is 808. The minimum Gasteiger partial charge on any atom is -0.494 e.